The van der Waals surface area contributed by atoms with Crippen molar-refractivity contribution < 1.29 is 13.9 Å². The number of amides is 1. The molecule has 0 saturated carbocycles. The molecule has 0 spiro atoms. The van der Waals surface area contributed by atoms with Crippen LogP contribution >= 0.6 is 0 Å². The normalized spacial score (nSPS) is 14.3. The van der Waals surface area contributed by atoms with E-state index in [1.165, 1.54) is 12.1 Å². The third-order valence-electron chi connectivity index (χ3n) is 5.38. The van der Waals surface area contributed by atoms with Gasteiger partial charge in [-0.1, -0.05) is 12.1 Å². The van der Waals surface area contributed by atoms with Gasteiger partial charge in [0, 0.05) is 51.4 Å². The standard InChI is InChI=1S/C24H32FN5O2/c1-3-26-24(28-18-19-4-10-22(32-2)11-5-19)27-13-12-23(31)30-16-14-29(15-17-30)21-8-6-20(25)7-9-21/h4-11H,3,12-18H2,1-2H3,(H2,26,27,28). The predicted octanol–water partition coefficient (Wildman–Crippen LogP) is 2.63. The average molecular weight is 442 g/mol. The molecule has 7 nitrogen and oxygen atoms in total. The van der Waals surface area contributed by atoms with Crippen molar-refractivity contribution in [2.45, 2.75) is 19.9 Å². The smallest absolute Gasteiger partial charge is 0.224 e. The van der Waals surface area contributed by atoms with E-state index in [1.54, 1.807) is 19.2 Å². The van der Waals surface area contributed by atoms with Crippen LogP contribution in [0.5, 0.6) is 5.75 Å². The van der Waals surface area contributed by atoms with Crippen molar-refractivity contribution in [3.8, 4) is 5.75 Å². The maximum atomic E-state index is 13.1. The molecule has 3 rings (SSSR count). The number of hydrogen-bond donors (Lipinski definition) is 2. The van der Waals surface area contributed by atoms with Gasteiger partial charge >= 0.3 is 0 Å². The van der Waals surface area contributed by atoms with Crippen LogP contribution in [0.2, 0.25) is 0 Å². The summed E-state index contributed by atoms with van der Waals surface area (Å²) in [7, 11) is 1.65. The van der Waals surface area contributed by atoms with E-state index in [0.29, 0.717) is 38.6 Å². The van der Waals surface area contributed by atoms with Crippen LogP contribution in [-0.2, 0) is 11.3 Å². The predicted molar refractivity (Wildman–Crippen MR) is 126 cm³/mol. The molecular weight excluding hydrogens is 409 g/mol. The monoisotopic (exact) mass is 441 g/mol. The Bertz CT molecular complexity index is 878. The van der Waals surface area contributed by atoms with Crippen LogP contribution in [-0.4, -0.2) is 63.1 Å². The quantitative estimate of drug-likeness (QED) is 0.487. The average Bonchev–Trinajstić information content (AvgIpc) is 2.83. The van der Waals surface area contributed by atoms with Gasteiger partial charge in [-0.05, 0) is 48.9 Å². The van der Waals surface area contributed by atoms with Crippen LogP contribution in [0.25, 0.3) is 0 Å². The highest BCUT2D eigenvalue weighted by molar-refractivity contribution is 5.81. The number of methoxy groups -OCH3 is 1. The number of halogens is 1. The van der Waals surface area contributed by atoms with Crippen molar-refractivity contribution in [3.63, 3.8) is 0 Å². The van der Waals surface area contributed by atoms with E-state index in [1.807, 2.05) is 36.1 Å². The summed E-state index contributed by atoms with van der Waals surface area (Å²) in [4.78, 5) is 21.3. The van der Waals surface area contributed by atoms with E-state index in [2.05, 4.69) is 20.5 Å². The van der Waals surface area contributed by atoms with Gasteiger partial charge in [0.2, 0.25) is 5.91 Å². The third kappa shape index (κ3) is 6.87. The molecule has 172 valence electrons. The lowest BCUT2D eigenvalue weighted by molar-refractivity contribution is -0.131. The molecule has 0 bridgehead atoms. The first kappa shape index (κ1) is 23.4. The number of benzene rings is 2. The minimum Gasteiger partial charge on any atom is -0.497 e. The van der Waals surface area contributed by atoms with Gasteiger partial charge in [-0.25, -0.2) is 9.38 Å². The molecule has 1 fully saturated rings. The fraction of sp³-hybridized carbons (Fsp3) is 0.417. The van der Waals surface area contributed by atoms with Crippen molar-refractivity contribution in [1.82, 2.24) is 15.5 Å². The highest BCUT2D eigenvalue weighted by Gasteiger charge is 2.21. The zero-order chi connectivity index (χ0) is 22.8. The lowest BCUT2D eigenvalue weighted by Gasteiger charge is -2.36. The summed E-state index contributed by atoms with van der Waals surface area (Å²) < 4.78 is 18.3. The number of aliphatic imine (C=N–C) groups is 1. The molecule has 0 aromatic heterocycles. The van der Waals surface area contributed by atoms with E-state index in [-0.39, 0.29) is 11.7 Å². The highest BCUT2D eigenvalue weighted by Crippen LogP contribution is 2.17. The summed E-state index contributed by atoms with van der Waals surface area (Å²) in [5.41, 5.74) is 2.07. The summed E-state index contributed by atoms with van der Waals surface area (Å²) in [5.74, 6) is 1.40. The molecule has 1 aliphatic rings. The largest absolute Gasteiger partial charge is 0.497 e. The van der Waals surface area contributed by atoms with Crippen LogP contribution in [0.3, 0.4) is 0 Å². The van der Waals surface area contributed by atoms with Gasteiger partial charge < -0.3 is 25.2 Å². The van der Waals surface area contributed by atoms with Crippen LogP contribution in [0.1, 0.15) is 18.9 Å². The van der Waals surface area contributed by atoms with Crippen LogP contribution in [0.15, 0.2) is 53.5 Å². The summed E-state index contributed by atoms with van der Waals surface area (Å²) >= 11 is 0. The molecule has 1 saturated heterocycles. The fourth-order valence-electron chi connectivity index (χ4n) is 3.55. The van der Waals surface area contributed by atoms with Gasteiger partial charge in [-0.3, -0.25) is 4.79 Å². The van der Waals surface area contributed by atoms with Gasteiger partial charge in [0.05, 0.1) is 13.7 Å². The maximum absolute atomic E-state index is 13.1. The molecule has 32 heavy (non-hydrogen) atoms. The first-order chi connectivity index (χ1) is 15.6. The van der Waals surface area contributed by atoms with Gasteiger partial charge in [0.25, 0.3) is 0 Å². The van der Waals surface area contributed by atoms with Crippen molar-refractivity contribution in [3.05, 3.63) is 59.9 Å². The molecule has 2 N–H and O–H groups in total. The fourth-order valence-corrected chi connectivity index (χ4v) is 3.55. The topological polar surface area (TPSA) is 69.2 Å². The molecule has 0 radical (unpaired) electrons. The Kier molecular flexibility index (Phi) is 8.71. The molecule has 0 aliphatic carbocycles. The number of hydrogen-bond acceptors (Lipinski definition) is 4. The molecule has 0 atom stereocenters. The minimum absolute atomic E-state index is 0.127. The number of ether oxygens (including phenoxy) is 1. The summed E-state index contributed by atoms with van der Waals surface area (Å²) in [6, 6.07) is 14.3. The molecule has 1 aliphatic heterocycles. The number of anilines is 1. The number of carbonyl (C=O) groups is 1. The second kappa shape index (κ2) is 11.9. The number of nitrogens with one attached hydrogen (secondary N) is 2. The summed E-state index contributed by atoms with van der Waals surface area (Å²) in [6.07, 6.45) is 0.406. The van der Waals surface area contributed by atoms with Crippen LogP contribution in [0, 0.1) is 5.82 Å². The third-order valence-corrected chi connectivity index (χ3v) is 5.38. The van der Waals surface area contributed by atoms with E-state index in [9.17, 15) is 9.18 Å². The van der Waals surface area contributed by atoms with Crippen molar-refractivity contribution >= 4 is 17.6 Å². The Hall–Kier alpha value is -3.29. The van der Waals surface area contributed by atoms with Gasteiger partial charge in [-0.15, -0.1) is 0 Å². The van der Waals surface area contributed by atoms with Crippen molar-refractivity contribution in [2.75, 3.05) is 51.3 Å². The Morgan fingerprint density at radius 1 is 1.03 bits per heavy atom. The maximum Gasteiger partial charge on any atom is 0.224 e. The van der Waals surface area contributed by atoms with Gasteiger partial charge in [-0.2, -0.15) is 0 Å². The van der Waals surface area contributed by atoms with E-state index >= 15 is 0 Å². The number of guanidine groups is 1. The molecule has 8 heteroatoms. The summed E-state index contributed by atoms with van der Waals surface area (Å²) in [6.45, 7) is 6.64. The van der Waals surface area contributed by atoms with Crippen LogP contribution in [0.4, 0.5) is 10.1 Å². The van der Waals surface area contributed by atoms with E-state index in [0.717, 1.165) is 36.6 Å². The summed E-state index contributed by atoms with van der Waals surface area (Å²) in [5, 5.41) is 6.46. The Labute approximate surface area is 189 Å². The Morgan fingerprint density at radius 2 is 1.72 bits per heavy atom. The zero-order valence-corrected chi connectivity index (χ0v) is 18.8. The number of carbonyl (C=O) groups excluding carboxylic acids is 1. The van der Waals surface area contributed by atoms with Gasteiger partial charge in [0.1, 0.15) is 11.6 Å². The molecule has 2 aromatic carbocycles. The Balaban J connectivity index is 1.42. The second-order valence-electron chi connectivity index (χ2n) is 7.56. The number of nitrogens with zero attached hydrogens (tertiary/aromatic N) is 3. The molecular formula is C24H32FN5O2. The number of piperazine rings is 1. The Morgan fingerprint density at radius 3 is 2.34 bits per heavy atom. The molecule has 1 heterocycles. The van der Waals surface area contributed by atoms with Gasteiger partial charge in [0.15, 0.2) is 5.96 Å². The molecule has 0 unspecified atom stereocenters. The van der Waals surface area contributed by atoms with E-state index in [4.69, 9.17) is 4.74 Å². The van der Waals surface area contributed by atoms with Crippen molar-refractivity contribution in [2.24, 2.45) is 4.99 Å². The lowest BCUT2D eigenvalue weighted by Crippen LogP contribution is -2.49. The SMILES string of the molecule is CCNC(=NCc1ccc(OC)cc1)NCCC(=O)N1CCN(c2ccc(F)cc2)CC1. The zero-order valence-electron chi connectivity index (χ0n) is 18.8. The first-order valence-corrected chi connectivity index (χ1v) is 11.0. The van der Waals surface area contributed by atoms with E-state index < -0.39 is 0 Å². The highest BCUT2D eigenvalue weighted by atomic mass is 19.1. The molecule has 2 aromatic rings. The second-order valence-corrected chi connectivity index (χ2v) is 7.56. The lowest BCUT2D eigenvalue weighted by atomic mass is 10.2. The van der Waals surface area contributed by atoms with Crippen molar-refractivity contribution in [1.29, 1.82) is 0 Å². The number of rotatable bonds is 8. The first-order valence-electron chi connectivity index (χ1n) is 11.0. The van der Waals surface area contributed by atoms with Crippen LogP contribution < -0.4 is 20.3 Å². The minimum atomic E-state index is -0.237. The molecule has 1 amide bonds.